The molecular weight excluding hydrogens is 292 g/mol. The second-order valence-corrected chi connectivity index (χ2v) is 4.80. The number of nitrogens with zero attached hydrogens (tertiary/aromatic N) is 1. The summed E-state index contributed by atoms with van der Waals surface area (Å²) in [7, 11) is 0. The number of carboxylic acids is 1. The van der Waals surface area contributed by atoms with E-state index >= 15 is 0 Å². The molecule has 2 aromatic heterocycles. The summed E-state index contributed by atoms with van der Waals surface area (Å²) in [6.07, 6.45) is 1.45. The maximum absolute atomic E-state index is 12.1. The van der Waals surface area contributed by atoms with Crippen molar-refractivity contribution in [2.75, 3.05) is 0 Å². The number of carboxylic acid groups (broad SMARTS) is 1. The molecule has 3 aromatic rings. The minimum atomic E-state index is -1.31. The summed E-state index contributed by atoms with van der Waals surface area (Å²) in [6.45, 7) is 0. The van der Waals surface area contributed by atoms with E-state index in [1.165, 1.54) is 6.20 Å². The summed E-state index contributed by atoms with van der Waals surface area (Å²) in [5.41, 5.74) is 0.0874. The molecule has 0 spiro atoms. The van der Waals surface area contributed by atoms with Crippen molar-refractivity contribution in [1.82, 2.24) is 9.97 Å². The molecule has 0 aliphatic carbocycles. The molecule has 3 rings (SSSR count). The third-order valence-electron chi connectivity index (χ3n) is 3.14. The van der Waals surface area contributed by atoms with E-state index in [1.54, 1.807) is 36.4 Å². The summed E-state index contributed by atoms with van der Waals surface area (Å²) < 4.78 is 0. The number of pyridine rings is 2. The van der Waals surface area contributed by atoms with Gasteiger partial charge < -0.3 is 10.1 Å². The molecule has 0 saturated carbocycles. The molecule has 1 aromatic carbocycles. The molecule has 0 bridgehead atoms. The Kier molecular flexibility index (Phi) is 3.19. The Morgan fingerprint density at radius 3 is 2.57 bits per heavy atom. The first-order chi connectivity index (χ1) is 10.1. The molecule has 0 fully saturated rings. The van der Waals surface area contributed by atoms with E-state index in [4.69, 9.17) is 11.6 Å². The van der Waals surface area contributed by atoms with Crippen LogP contribution in [0.5, 0.6) is 0 Å². The number of aromatic carboxylic acids is 1. The van der Waals surface area contributed by atoms with Gasteiger partial charge in [-0.25, -0.2) is 9.78 Å². The Bertz CT molecular complexity index is 904. The molecule has 2 heterocycles. The maximum atomic E-state index is 12.1. The summed E-state index contributed by atoms with van der Waals surface area (Å²) in [6, 6.07) is 10.3. The molecule has 2 N–H and O–H groups in total. The fourth-order valence-electron chi connectivity index (χ4n) is 2.28. The average molecular weight is 301 g/mol. The van der Waals surface area contributed by atoms with Crippen LogP contribution in [0.2, 0.25) is 5.02 Å². The zero-order chi connectivity index (χ0) is 15.0. The van der Waals surface area contributed by atoms with Crippen LogP contribution in [0.25, 0.3) is 22.2 Å². The van der Waals surface area contributed by atoms with E-state index in [-0.39, 0.29) is 16.8 Å². The largest absolute Gasteiger partial charge is 0.477 e. The first-order valence-electron chi connectivity index (χ1n) is 6.09. The van der Waals surface area contributed by atoms with Gasteiger partial charge in [-0.05, 0) is 11.6 Å². The van der Waals surface area contributed by atoms with Crippen LogP contribution in [0.15, 0.2) is 47.4 Å². The molecule has 0 aliphatic rings. The molecule has 0 radical (unpaired) electrons. The average Bonchev–Trinajstić information content (AvgIpc) is 2.46. The number of hydrogen-bond donors (Lipinski definition) is 2. The van der Waals surface area contributed by atoms with Crippen molar-refractivity contribution in [3.8, 4) is 11.1 Å². The second kappa shape index (κ2) is 5.03. The minimum absolute atomic E-state index is 0.261. The molecule has 5 nitrogen and oxygen atoms in total. The van der Waals surface area contributed by atoms with E-state index in [0.29, 0.717) is 16.0 Å². The molecule has 6 heteroatoms. The van der Waals surface area contributed by atoms with Crippen LogP contribution in [0.4, 0.5) is 0 Å². The predicted molar refractivity (Wildman–Crippen MR) is 79.8 cm³/mol. The van der Waals surface area contributed by atoms with Gasteiger partial charge in [0.2, 0.25) is 0 Å². The maximum Gasteiger partial charge on any atom is 0.342 e. The van der Waals surface area contributed by atoms with Gasteiger partial charge in [0.1, 0.15) is 11.2 Å². The number of halogens is 1. The van der Waals surface area contributed by atoms with E-state index in [2.05, 4.69) is 9.97 Å². The third kappa shape index (κ3) is 2.17. The van der Waals surface area contributed by atoms with Crippen molar-refractivity contribution in [1.29, 1.82) is 0 Å². The SMILES string of the molecule is O=C(O)c1c(-c2ccccc2)c2c(Cl)ccnc2[nH]c1=O. The zero-order valence-electron chi connectivity index (χ0n) is 10.6. The number of H-pyrrole nitrogens is 1. The number of carbonyl (C=O) groups is 1. The van der Waals surface area contributed by atoms with Crippen LogP contribution in [-0.4, -0.2) is 21.0 Å². The Balaban J connectivity index is 2.57. The Morgan fingerprint density at radius 1 is 1.19 bits per heavy atom. The van der Waals surface area contributed by atoms with Gasteiger partial charge in [0.15, 0.2) is 0 Å². The van der Waals surface area contributed by atoms with E-state index in [1.807, 2.05) is 0 Å². The molecule has 0 saturated heterocycles. The highest BCUT2D eigenvalue weighted by Gasteiger charge is 2.21. The number of rotatable bonds is 2. The summed E-state index contributed by atoms with van der Waals surface area (Å²) in [5, 5.41) is 10.1. The minimum Gasteiger partial charge on any atom is -0.477 e. The zero-order valence-corrected chi connectivity index (χ0v) is 11.4. The highest BCUT2D eigenvalue weighted by atomic mass is 35.5. The van der Waals surface area contributed by atoms with E-state index in [9.17, 15) is 14.7 Å². The number of fused-ring (bicyclic) bond motifs is 1. The van der Waals surface area contributed by atoms with Crippen LogP contribution in [0, 0.1) is 0 Å². The van der Waals surface area contributed by atoms with Crippen molar-refractivity contribution in [2.45, 2.75) is 0 Å². The van der Waals surface area contributed by atoms with Gasteiger partial charge in [-0.1, -0.05) is 41.9 Å². The Morgan fingerprint density at radius 2 is 1.90 bits per heavy atom. The summed E-state index contributed by atoms with van der Waals surface area (Å²) >= 11 is 6.19. The van der Waals surface area contributed by atoms with Gasteiger partial charge in [-0.3, -0.25) is 4.79 Å². The fraction of sp³-hybridized carbons (Fsp3) is 0. The predicted octanol–water partition coefficient (Wildman–Crippen LogP) is 2.94. The third-order valence-corrected chi connectivity index (χ3v) is 3.45. The van der Waals surface area contributed by atoms with Crippen LogP contribution in [0.1, 0.15) is 10.4 Å². The number of aromatic amines is 1. The van der Waals surface area contributed by atoms with Gasteiger partial charge >= 0.3 is 5.97 Å². The molecule has 0 aliphatic heterocycles. The number of benzene rings is 1. The lowest BCUT2D eigenvalue weighted by atomic mass is 9.97. The first-order valence-corrected chi connectivity index (χ1v) is 6.46. The standard InChI is InChI=1S/C15H9ClN2O3/c16-9-6-7-17-13-11(9)10(8-4-2-1-3-5-8)12(15(20)21)14(19)18-13/h1-7H,(H,20,21)(H,17,18,19). The number of hydrogen-bond acceptors (Lipinski definition) is 3. The smallest absolute Gasteiger partial charge is 0.342 e. The Labute approximate surface area is 123 Å². The molecule has 0 unspecified atom stereocenters. The quantitative estimate of drug-likeness (QED) is 0.762. The Hall–Kier alpha value is -2.66. The molecule has 0 atom stereocenters. The van der Waals surface area contributed by atoms with Crippen LogP contribution in [-0.2, 0) is 0 Å². The summed E-state index contributed by atoms with van der Waals surface area (Å²) in [4.78, 5) is 30.1. The van der Waals surface area contributed by atoms with Crippen molar-refractivity contribution in [2.24, 2.45) is 0 Å². The fourth-order valence-corrected chi connectivity index (χ4v) is 2.52. The van der Waals surface area contributed by atoms with Crippen LogP contribution >= 0.6 is 11.6 Å². The van der Waals surface area contributed by atoms with E-state index < -0.39 is 11.5 Å². The summed E-state index contributed by atoms with van der Waals surface area (Å²) in [5.74, 6) is -1.31. The van der Waals surface area contributed by atoms with Gasteiger partial charge in [-0.15, -0.1) is 0 Å². The highest BCUT2D eigenvalue weighted by Crippen LogP contribution is 2.33. The topological polar surface area (TPSA) is 83.0 Å². The lowest BCUT2D eigenvalue weighted by Gasteiger charge is -2.10. The van der Waals surface area contributed by atoms with Crippen molar-refractivity contribution in [3.63, 3.8) is 0 Å². The second-order valence-electron chi connectivity index (χ2n) is 4.39. The van der Waals surface area contributed by atoms with Gasteiger partial charge in [-0.2, -0.15) is 0 Å². The monoisotopic (exact) mass is 300 g/mol. The molecule has 21 heavy (non-hydrogen) atoms. The van der Waals surface area contributed by atoms with Crippen molar-refractivity contribution >= 4 is 28.6 Å². The van der Waals surface area contributed by atoms with Crippen molar-refractivity contribution < 1.29 is 9.90 Å². The number of nitrogens with one attached hydrogen (secondary N) is 1. The first kappa shape index (κ1) is 13.3. The highest BCUT2D eigenvalue weighted by molar-refractivity contribution is 6.36. The van der Waals surface area contributed by atoms with Crippen LogP contribution in [0.3, 0.4) is 0 Å². The van der Waals surface area contributed by atoms with Gasteiger partial charge in [0, 0.05) is 17.1 Å². The number of aromatic nitrogens is 2. The lowest BCUT2D eigenvalue weighted by molar-refractivity contribution is 0.0696. The normalized spacial score (nSPS) is 10.7. The molecule has 104 valence electrons. The van der Waals surface area contributed by atoms with Crippen molar-refractivity contribution in [3.05, 3.63) is 63.5 Å². The van der Waals surface area contributed by atoms with Crippen LogP contribution < -0.4 is 5.56 Å². The van der Waals surface area contributed by atoms with Gasteiger partial charge in [0.05, 0.1) is 5.02 Å². The molecule has 0 amide bonds. The van der Waals surface area contributed by atoms with E-state index in [0.717, 1.165) is 0 Å². The van der Waals surface area contributed by atoms with Gasteiger partial charge in [0.25, 0.3) is 5.56 Å². The molecular formula is C15H9ClN2O3. The lowest BCUT2D eigenvalue weighted by Crippen LogP contribution is -2.19.